The topological polar surface area (TPSA) is 209 Å². The minimum Gasteiger partial charge on any atom is -0.494 e. The molecule has 0 aliphatic carbocycles. The van der Waals surface area contributed by atoms with Crippen molar-refractivity contribution in [2.75, 3.05) is 26.0 Å². The van der Waals surface area contributed by atoms with Crippen LogP contribution in [0.2, 0.25) is 0 Å². The highest BCUT2D eigenvalue weighted by atomic mass is 32.2. The molecule has 1 aliphatic rings. The summed E-state index contributed by atoms with van der Waals surface area (Å²) >= 11 is 0. The van der Waals surface area contributed by atoms with E-state index in [1.807, 2.05) is 13.8 Å². The fraction of sp³-hybridized carbons (Fsp3) is 0.433. The van der Waals surface area contributed by atoms with Crippen molar-refractivity contribution in [2.45, 2.75) is 39.2 Å². The van der Waals surface area contributed by atoms with E-state index >= 15 is 0 Å². The van der Waals surface area contributed by atoms with Crippen LogP contribution in [0.3, 0.4) is 0 Å². The predicted octanol–water partition coefficient (Wildman–Crippen LogP) is 1.20. The van der Waals surface area contributed by atoms with Crippen LogP contribution < -0.4 is 20.9 Å². The molecule has 5 amide bonds. The largest absolute Gasteiger partial charge is 0.494 e. The number of hydroxylamine groups is 1. The highest BCUT2D eigenvalue weighted by Gasteiger charge is 2.42. The van der Waals surface area contributed by atoms with Gasteiger partial charge in [0.1, 0.15) is 11.8 Å². The molecule has 45 heavy (non-hydrogen) atoms. The molecule has 0 saturated heterocycles. The highest BCUT2D eigenvalue weighted by Crippen LogP contribution is 2.28. The third kappa shape index (κ3) is 9.57. The summed E-state index contributed by atoms with van der Waals surface area (Å²) in [5.41, 5.74) is 2.54. The second-order valence-corrected chi connectivity index (χ2v) is 12.7. The van der Waals surface area contributed by atoms with Crippen LogP contribution in [-0.4, -0.2) is 84.6 Å². The summed E-state index contributed by atoms with van der Waals surface area (Å²) in [5.74, 6) is -5.99. The number of hydrogen-bond acceptors (Lipinski definition) is 9. The maximum absolute atomic E-state index is 13.8. The second-order valence-electron chi connectivity index (χ2n) is 11.1. The lowest BCUT2D eigenvalue weighted by Gasteiger charge is -2.30. The van der Waals surface area contributed by atoms with Crippen LogP contribution in [-0.2, 0) is 30.9 Å². The van der Waals surface area contributed by atoms with Crippen LogP contribution in [0.15, 0.2) is 48.5 Å². The summed E-state index contributed by atoms with van der Waals surface area (Å²) < 4.78 is 36.0. The normalized spacial score (nSPS) is 14.8. The number of benzene rings is 2. The van der Waals surface area contributed by atoms with Crippen molar-refractivity contribution in [1.82, 2.24) is 21.0 Å². The van der Waals surface area contributed by atoms with Crippen molar-refractivity contribution in [3.05, 3.63) is 65.2 Å². The molecule has 3 unspecified atom stereocenters. The maximum atomic E-state index is 13.8. The molecule has 0 saturated carbocycles. The summed E-state index contributed by atoms with van der Waals surface area (Å²) in [5, 5.41) is 14.8. The number of likely N-dealkylation sites (N-methyl/N-ethyl adjacent to an activating group) is 1. The molecule has 15 heteroatoms. The Bertz CT molecular complexity index is 1480. The van der Waals surface area contributed by atoms with Crippen molar-refractivity contribution >= 4 is 39.7 Å². The summed E-state index contributed by atoms with van der Waals surface area (Å²) in [6.07, 6.45) is 0.278. The van der Waals surface area contributed by atoms with Gasteiger partial charge in [0, 0.05) is 20.0 Å². The molecular formula is C30H38N4O10S. The number of amides is 5. The van der Waals surface area contributed by atoms with E-state index in [4.69, 9.17) is 9.29 Å². The predicted molar refractivity (Wildman–Crippen MR) is 161 cm³/mol. The van der Waals surface area contributed by atoms with Crippen LogP contribution in [0.1, 0.15) is 53.0 Å². The standard InChI is InChI=1S/C30H38N4O10S/c1-18(2)15-23(24(27(36)33-40)17-34-29(38)21-7-4-5-8-22(21)30(34)39)26(35)32-25(28(37)31-3)16-19-9-11-20(12-10-19)44-13-6-14-45(41,42)43/h4-5,7-12,18,23-25,40H,6,13-17H2,1-3H3,(H,31,37)(H,32,35)(H,33,36)(H,41,42,43). The van der Waals surface area contributed by atoms with E-state index in [1.165, 1.54) is 19.2 Å². The van der Waals surface area contributed by atoms with E-state index in [2.05, 4.69) is 10.6 Å². The number of carbonyl (C=O) groups excluding carboxylic acids is 5. The Morgan fingerprint density at radius 2 is 1.51 bits per heavy atom. The number of imide groups is 1. The molecule has 2 aromatic carbocycles. The van der Waals surface area contributed by atoms with E-state index in [0.29, 0.717) is 11.3 Å². The van der Waals surface area contributed by atoms with Gasteiger partial charge >= 0.3 is 0 Å². The first-order valence-corrected chi connectivity index (χ1v) is 15.9. The Morgan fingerprint density at radius 3 is 2.02 bits per heavy atom. The molecule has 5 N–H and O–H groups in total. The van der Waals surface area contributed by atoms with E-state index < -0.39 is 69.8 Å². The lowest BCUT2D eigenvalue weighted by Crippen LogP contribution is -2.53. The van der Waals surface area contributed by atoms with Crippen LogP contribution in [0, 0.1) is 17.8 Å². The van der Waals surface area contributed by atoms with Gasteiger partial charge in [0.15, 0.2) is 0 Å². The fourth-order valence-corrected chi connectivity index (χ4v) is 5.57. The van der Waals surface area contributed by atoms with Crippen LogP contribution in [0.5, 0.6) is 5.75 Å². The Balaban J connectivity index is 1.78. The third-order valence-corrected chi connectivity index (χ3v) is 8.11. The zero-order valence-corrected chi connectivity index (χ0v) is 26.0. The maximum Gasteiger partial charge on any atom is 0.264 e. The van der Waals surface area contributed by atoms with Gasteiger partial charge in [-0.25, -0.2) is 5.48 Å². The fourth-order valence-electron chi connectivity index (χ4n) is 5.09. The molecule has 0 fully saturated rings. The number of nitrogens with zero attached hydrogens (tertiary/aromatic N) is 1. The molecule has 14 nitrogen and oxygen atoms in total. The lowest BCUT2D eigenvalue weighted by atomic mass is 9.83. The van der Waals surface area contributed by atoms with E-state index in [9.17, 15) is 37.6 Å². The molecule has 0 spiro atoms. The van der Waals surface area contributed by atoms with Crippen molar-refractivity contribution in [1.29, 1.82) is 0 Å². The summed E-state index contributed by atoms with van der Waals surface area (Å²) in [4.78, 5) is 66.5. The average molecular weight is 647 g/mol. The zero-order chi connectivity index (χ0) is 33.3. The SMILES string of the molecule is CNC(=O)C(Cc1ccc(OCCCS(=O)(=O)O)cc1)NC(=O)C(CC(C)C)C(CN1C(=O)c2ccccc2C1=O)C(=O)NO. The van der Waals surface area contributed by atoms with Crippen molar-refractivity contribution < 1.29 is 46.9 Å². The van der Waals surface area contributed by atoms with Gasteiger partial charge in [-0.2, -0.15) is 8.42 Å². The molecule has 3 atom stereocenters. The van der Waals surface area contributed by atoms with Gasteiger partial charge in [-0.15, -0.1) is 0 Å². The number of nitrogens with one attached hydrogen (secondary N) is 3. The van der Waals surface area contributed by atoms with Gasteiger partial charge in [0.05, 0.1) is 35.3 Å². The Morgan fingerprint density at radius 1 is 0.911 bits per heavy atom. The summed E-state index contributed by atoms with van der Waals surface area (Å²) in [6.45, 7) is 3.22. The van der Waals surface area contributed by atoms with Gasteiger partial charge in [-0.3, -0.25) is 38.6 Å². The lowest BCUT2D eigenvalue weighted by molar-refractivity contribution is -0.142. The zero-order valence-electron chi connectivity index (χ0n) is 25.2. The van der Waals surface area contributed by atoms with Crippen LogP contribution >= 0.6 is 0 Å². The Hall–Kier alpha value is -4.34. The van der Waals surface area contributed by atoms with E-state index in [-0.39, 0.29) is 42.9 Å². The molecule has 2 aromatic rings. The van der Waals surface area contributed by atoms with Crippen molar-refractivity contribution in [2.24, 2.45) is 17.8 Å². The molecule has 3 rings (SSSR count). The summed E-state index contributed by atoms with van der Waals surface area (Å²) in [6, 6.07) is 11.7. The van der Waals surface area contributed by atoms with Crippen LogP contribution in [0.25, 0.3) is 0 Å². The average Bonchev–Trinajstić information content (AvgIpc) is 3.24. The number of hydrogen-bond donors (Lipinski definition) is 5. The molecular weight excluding hydrogens is 608 g/mol. The Kier molecular flexibility index (Phi) is 12.2. The molecule has 1 heterocycles. The van der Waals surface area contributed by atoms with E-state index in [0.717, 1.165) is 4.90 Å². The highest BCUT2D eigenvalue weighted by molar-refractivity contribution is 7.85. The van der Waals surface area contributed by atoms with Gasteiger partial charge in [0.2, 0.25) is 17.7 Å². The first-order valence-electron chi connectivity index (χ1n) is 14.3. The minimum absolute atomic E-state index is 0.0522. The molecule has 0 bridgehead atoms. The number of ether oxygens (including phenoxy) is 1. The smallest absolute Gasteiger partial charge is 0.264 e. The molecule has 244 valence electrons. The molecule has 0 radical (unpaired) electrons. The van der Waals surface area contributed by atoms with Gasteiger partial charge in [-0.05, 0) is 48.6 Å². The monoisotopic (exact) mass is 646 g/mol. The number of carbonyl (C=O) groups is 5. The molecule has 0 aromatic heterocycles. The van der Waals surface area contributed by atoms with Crippen LogP contribution in [0.4, 0.5) is 0 Å². The van der Waals surface area contributed by atoms with Gasteiger partial charge in [0.25, 0.3) is 21.9 Å². The third-order valence-electron chi connectivity index (χ3n) is 7.31. The number of fused-ring (bicyclic) bond motifs is 1. The number of rotatable bonds is 16. The van der Waals surface area contributed by atoms with Crippen molar-refractivity contribution in [3.63, 3.8) is 0 Å². The molecule has 1 aliphatic heterocycles. The first kappa shape index (κ1) is 35.1. The quantitative estimate of drug-likeness (QED) is 0.0579. The minimum atomic E-state index is -4.09. The first-order chi connectivity index (χ1) is 21.2. The summed E-state index contributed by atoms with van der Waals surface area (Å²) in [7, 11) is -2.68. The second kappa shape index (κ2) is 15.6. The van der Waals surface area contributed by atoms with Gasteiger partial charge < -0.3 is 15.4 Å². The Labute approximate surface area is 261 Å². The van der Waals surface area contributed by atoms with Crippen molar-refractivity contribution in [3.8, 4) is 5.75 Å². The van der Waals surface area contributed by atoms with Gasteiger partial charge in [-0.1, -0.05) is 38.1 Å². The van der Waals surface area contributed by atoms with E-state index in [1.54, 1.807) is 41.9 Å².